The summed E-state index contributed by atoms with van der Waals surface area (Å²) in [5.74, 6) is 0.351. The lowest BCUT2D eigenvalue weighted by Gasteiger charge is -2.23. The first-order valence-electron chi connectivity index (χ1n) is 8.40. The summed E-state index contributed by atoms with van der Waals surface area (Å²) >= 11 is 0. The molecular weight excluding hydrogens is 252 g/mol. The van der Waals surface area contributed by atoms with Gasteiger partial charge in [0.05, 0.1) is 11.7 Å². The van der Waals surface area contributed by atoms with Crippen LogP contribution in [0.25, 0.3) is 0 Å². The average Bonchev–Trinajstić information content (AvgIpc) is 3.00. The van der Waals surface area contributed by atoms with Gasteiger partial charge in [0, 0.05) is 19.8 Å². The molecule has 1 spiro atoms. The molecule has 0 aromatic heterocycles. The number of carbonyl (C=O) groups is 1. The predicted molar refractivity (Wildman–Crippen MR) is 80.5 cm³/mol. The van der Waals surface area contributed by atoms with Crippen molar-refractivity contribution in [1.82, 2.24) is 10.2 Å². The maximum atomic E-state index is 12.8. The predicted octanol–water partition coefficient (Wildman–Crippen LogP) is 2.67. The van der Waals surface area contributed by atoms with Crippen molar-refractivity contribution in [2.24, 2.45) is 0 Å². The van der Waals surface area contributed by atoms with Gasteiger partial charge in [-0.2, -0.15) is 0 Å². The van der Waals surface area contributed by atoms with E-state index in [1.165, 1.54) is 12.8 Å². The van der Waals surface area contributed by atoms with Gasteiger partial charge in [0.1, 0.15) is 0 Å². The fraction of sp³-hybridized carbons (Fsp3) is 0.938. The van der Waals surface area contributed by atoms with Gasteiger partial charge in [-0.15, -0.1) is 0 Å². The maximum Gasteiger partial charge on any atom is 0.244 e. The summed E-state index contributed by atoms with van der Waals surface area (Å²) in [6.45, 7) is 6.74. The average molecular weight is 282 g/mol. The van der Waals surface area contributed by atoms with E-state index < -0.39 is 0 Å². The molecule has 4 nitrogen and oxygen atoms in total. The minimum atomic E-state index is -0.218. The highest BCUT2D eigenvalue weighted by Crippen LogP contribution is 2.37. The molecule has 1 N–H and O–H groups in total. The Bertz CT molecular complexity index is 314. The normalized spacial score (nSPS) is 25.0. The standard InChI is InChI=1S/C16H30N2O2/c1-3-8-14-17-16(9-5-6-10-16)15(19)18(14)11-7-13-20-12-4-2/h14,17H,3-13H2,1-2H3. The lowest BCUT2D eigenvalue weighted by atomic mass is 9.98. The van der Waals surface area contributed by atoms with E-state index in [2.05, 4.69) is 24.1 Å². The smallest absolute Gasteiger partial charge is 0.244 e. The second-order valence-electron chi connectivity index (χ2n) is 6.20. The van der Waals surface area contributed by atoms with Crippen LogP contribution in [0.1, 0.15) is 65.2 Å². The van der Waals surface area contributed by atoms with Crippen molar-refractivity contribution in [1.29, 1.82) is 0 Å². The zero-order chi connectivity index (χ0) is 14.4. The van der Waals surface area contributed by atoms with Crippen molar-refractivity contribution in [3.05, 3.63) is 0 Å². The Balaban J connectivity index is 1.88. The zero-order valence-corrected chi connectivity index (χ0v) is 13.1. The summed E-state index contributed by atoms with van der Waals surface area (Å²) in [7, 11) is 0. The molecule has 1 saturated heterocycles. The number of nitrogens with one attached hydrogen (secondary N) is 1. The Morgan fingerprint density at radius 2 is 2.00 bits per heavy atom. The molecule has 1 atom stereocenters. The van der Waals surface area contributed by atoms with E-state index in [1.54, 1.807) is 0 Å². The first kappa shape index (κ1) is 15.8. The molecule has 1 unspecified atom stereocenters. The molecule has 2 fully saturated rings. The number of hydrogen-bond acceptors (Lipinski definition) is 3. The van der Waals surface area contributed by atoms with Gasteiger partial charge in [-0.05, 0) is 32.1 Å². The van der Waals surface area contributed by atoms with Gasteiger partial charge < -0.3 is 9.64 Å². The second-order valence-corrected chi connectivity index (χ2v) is 6.20. The fourth-order valence-electron chi connectivity index (χ4n) is 3.55. The number of amides is 1. The summed E-state index contributed by atoms with van der Waals surface area (Å²) < 4.78 is 5.53. The molecule has 1 heterocycles. The highest BCUT2D eigenvalue weighted by molar-refractivity contribution is 5.89. The van der Waals surface area contributed by atoms with Crippen LogP contribution in [0.4, 0.5) is 0 Å². The van der Waals surface area contributed by atoms with Gasteiger partial charge in [0.15, 0.2) is 0 Å². The molecule has 1 amide bonds. The molecule has 0 bridgehead atoms. The molecule has 0 radical (unpaired) electrons. The Morgan fingerprint density at radius 3 is 2.65 bits per heavy atom. The van der Waals surface area contributed by atoms with Crippen molar-refractivity contribution in [3.8, 4) is 0 Å². The molecular formula is C16H30N2O2. The number of hydrogen-bond donors (Lipinski definition) is 1. The Hall–Kier alpha value is -0.610. The van der Waals surface area contributed by atoms with Gasteiger partial charge in [-0.3, -0.25) is 10.1 Å². The van der Waals surface area contributed by atoms with Gasteiger partial charge in [0.2, 0.25) is 5.91 Å². The molecule has 1 saturated carbocycles. The van der Waals surface area contributed by atoms with E-state index in [4.69, 9.17) is 4.74 Å². The monoisotopic (exact) mass is 282 g/mol. The van der Waals surface area contributed by atoms with E-state index in [1.807, 2.05) is 0 Å². The summed E-state index contributed by atoms with van der Waals surface area (Å²) in [6, 6.07) is 0. The van der Waals surface area contributed by atoms with Gasteiger partial charge in [-0.1, -0.05) is 33.1 Å². The summed E-state index contributed by atoms with van der Waals surface area (Å²) in [4.78, 5) is 14.8. The minimum absolute atomic E-state index is 0.218. The van der Waals surface area contributed by atoms with E-state index in [0.29, 0.717) is 5.91 Å². The Labute approximate surface area is 123 Å². The van der Waals surface area contributed by atoms with Crippen LogP contribution in [-0.4, -0.2) is 42.3 Å². The third-order valence-electron chi connectivity index (χ3n) is 4.54. The van der Waals surface area contributed by atoms with Crippen molar-refractivity contribution in [2.75, 3.05) is 19.8 Å². The fourth-order valence-corrected chi connectivity index (χ4v) is 3.55. The summed E-state index contributed by atoms with van der Waals surface area (Å²) in [5, 5.41) is 3.65. The first-order valence-corrected chi connectivity index (χ1v) is 8.40. The summed E-state index contributed by atoms with van der Waals surface area (Å²) in [6.07, 6.45) is 8.85. The largest absolute Gasteiger partial charge is 0.381 e. The van der Waals surface area contributed by atoms with Crippen LogP contribution in [-0.2, 0) is 9.53 Å². The van der Waals surface area contributed by atoms with Crippen LogP contribution in [0.3, 0.4) is 0 Å². The molecule has 2 rings (SSSR count). The van der Waals surface area contributed by atoms with Crippen LogP contribution in [0, 0.1) is 0 Å². The van der Waals surface area contributed by atoms with E-state index in [0.717, 1.165) is 58.3 Å². The van der Waals surface area contributed by atoms with Crippen LogP contribution in [0.2, 0.25) is 0 Å². The number of nitrogens with zero attached hydrogens (tertiary/aromatic N) is 1. The molecule has 20 heavy (non-hydrogen) atoms. The topological polar surface area (TPSA) is 41.6 Å². The number of carbonyl (C=O) groups excluding carboxylic acids is 1. The number of ether oxygens (including phenoxy) is 1. The molecule has 1 aliphatic heterocycles. The Kier molecular flexibility index (Phi) is 5.85. The molecule has 2 aliphatic rings. The minimum Gasteiger partial charge on any atom is -0.381 e. The van der Waals surface area contributed by atoms with Gasteiger partial charge in [-0.25, -0.2) is 0 Å². The quantitative estimate of drug-likeness (QED) is 0.696. The van der Waals surface area contributed by atoms with Crippen LogP contribution in [0.15, 0.2) is 0 Å². The highest BCUT2D eigenvalue weighted by atomic mass is 16.5. The SMILES string of the molecule is CCCOCCCN1C(=O)C2(CCCC2)NC1CCC. The number of rotatable bonds is 8. The maximum absolute atomic E-state index is 12.8. The lowest BCUT2D eigenvalue weighted by Crippen LogP contribution is -2.44. The van der Waals surface area contributed by atoms with E-state index >= 15 is 0 Å². The van der Waals surface area contributed by atoms with Crippen molar-refractivity contribution >= 4 is 5.91 Å². The molecule has 116 valence electrons. The Morgan fingerprint density at radius 1 is 1.25 bits per heavy atom. The van der Waals surface area contributed by atoms with E-state index in [9.17, 15) is 4.79 Å². The van der Waals surface area contributed by atoms with E-state index in [-0.39, 0.29) is 11.7 Å². The highest BCUT2D eigenvalue weighted by Gasteiger charge is 2.51. The molecule has 0 aromatic rings. The summed E-state index contributed by atoms with van der Waals surface area (Å²) in [5.41, 5.74) is -0.218. The second kappa shape index (κ2) is 7.41. The third kappa shape index (κ3) is 3.34. The van der Waals surface area contributed by atoms with Crippen LogP contribution in [0.5, 0.6) is 0 Å². The van der Waals surface area contributed by atoms with Gasteiger partial charge in [0.25, 0.3) is 0 Å². The molecule has 0 aromatic carbocycles. The van der Waals surface area contributed by atoms with Crippen molar-refractivity contribution < 1.29 is 9.53 Å². The zero-order valence-electron chi connectivity index (χ0n) is 13.1. The molecule has 4 heteroatoms. The van der Waals surface area contributed by atoms with Crippen molar-refractivity contribution in [3.63, 3.8) is 0 Å². The third-order valence-corrected chi connectivity index (χ3v) is 4.54. The van der Waals surface area contributed by atoms with Crippen LogP contribution >= 0.6 is 0 Å². The van der Waals surface area contributed by atoms with Crippen molar-refractivity contribution in [2.45, 2.75) is 76.9 Å². The lowest BCUT2D eigenvalue weighted by molar-refractivity contribution is -0.133. The van der Waals surface area contributed by atoms with Crippen LogP contribution < -0.4 is 5.32 Å². The van der Waals surface area contributed by atoms with Gasteiger partial charge >= 0.3 is 0 Å². The first-order chi connectivity index (χ1) is 9.73. The molecule has 1 aliphatic carbocycles.